The molecule has 182 valence electrons. The number of carbonyl (C=O) groups is 3. The number of carboxylic acids is 1. The molecule has 1 aromatic heterocycles. The molecule has 1 saturated heterocycles. The molecule has 0 radical (unpaired) electrons. The van der Waals surface area contributed by atoms with E-state index in [1.807, 2.05) is 0 Å². The maximum absolute atomic E-state index is 13.4. The number of morpholine rings is 1. The molecule has 1 aliphatic rings. The van der Waals surface area contributed by atoms with Crippen LogP contribution in [0.3, 0.4) is 0 Å². The lowest BCUT2D eigenvalue weighted by Crippen LogP contribution is -2.42. The van der Waals surface area contributed by atoms with Crippen molar-refractivity contribution in [2.24, 2.45) is 0 Å². The molecule has 0 atom stereocenters. The predicted molar refractivity (Wildman–Crippen MR) is 125 cm³/mol. The highest BCUT2D eigenvalue weighted by molar-refractivity contribution is 6.18. The summed E-state index contributed by atoms with van der Waals surface area (Å²) in [6, 6.07) is 9.44. The van der Waals surface area contributed by atoms with Gasteiger partial charge in [-0.3, -0.25) is 14.6 Å². The minimum Gasteiger partial charge on any atom is -0.493 e. The number of hydrogen-bond acceptors (Lipinski definition) is 8. The molecule has 2 heterocycles. The number of aromatic carboxylic acids is 1. The summed E-state index contributed by atoms with van der Waals surface area (Å²) in [4.78, 5) is 43.3. The van der Waals surface area contributed by atoms with Gasteiger partial charge in [-0.1, -0.05) is 12.1 Å². The van der Waals surface area contributed by atoms with Crippen molar-refractivity contribution in [3.8, 4) is 17.2 Å². The minimum atomic E-state index is -1.19. The summed E-state index contributed by atoms with van der Waals surface area (Å²) in [7, 11) is 2.88. The highest BCUT2D eigenvalue weighted by Gasteiger charge is 2.22. The first-order valence-electron chi connectivity index (χ1n) is 10.8. The van der Waals surface area contributed by atoms with Crippen LogP contribution >= 0.6 is 0 Å². The van der Waals surface area contributed by atoms with E-state index >= 15 is 0 Å². The molecule has 35 heavy (non-hydrogen) atoms. The first kappa shape index (κ1) is 24.0. The molecule has 4 rings (SSSR count). The fraction of sp³-hybridized carbons (Fsp3) is 0.280. The first-order valence-corrected chi connectivity index (χ1v) is 10.8. The molecule has 1 amide bonds. The van der Waals surface area contributed by atoms with Crippen molar-refractivity contribution in [3.05, 3.63) is 59.4 Å². The van der Waals surface area contributed by atoms with Crippen LogP contribution in [-0.4, -0.2) is 79.8 Å². The van der Waals surface area contributed by atoms with Gasteiger partial charge in [-0.2, -0.15) is 0 Å². The normalized spacial score (nSPS) is 13.4. The van der Waals surface area contributed by atoms with Crippen molar-refractivity contribution in [2.75, 3.05) is 47.1 Å². The molecule has 1 N–H and O–H groups in total. The zero-order chi connectivity index (χ0) is 24.9. The second kappa shape index (κ2) is 10.4. The molecule has 0 unspecified atom stereocenters. The van der Waals surface area contributed by atoms with Crippen molar-refractivity contribution in [1.82, 2.24) is 9.88 Å². The third kappa shape index (κ3) is 5.02. The number of methoxy groups -OCH3 is 2. The van der Waals surface area contributed by atoms with Crippen LogP contribution in [-0.2, 0) is 9.53 Å². The minimum absolute atomic E-state index is 0.0486. The van der Waals surface area contributed by atoms with Crippen LogP contribution < -0.4 is 14.2 Å². The molecule has 3 aromatic rings. The largest absolute Gasteiger partial charge is 0.493 e. The van der Waals surface area contributed by atoms with Gasteiger partial charge >= 0.3 is 5.97 Å². The molecule has 0 saturated carbocycles. The maximum Gasteiger partial charge on any atom is 0.337 e. The molecule has 0 aliphatic carbocycles. The Morgan fingerprint density at radius 1 is 1.03 bits per heavy atom. The van der Waals surface area contributed by atoms with Gasteiger partial charge in [0.2, 0.25) is 5.78 Å². The second-order valence-corrected chi connectivity index (χ2v) is 7.72. The number of aromatic nitrogens is 1. The Kier molecular flexibility index (Phi) is 7.11. The van der Waals surface area contributed by atoms with Crippen LogP contribution in [0.2, 0.25) is 0 Å². The fourth-order valence-electron chi connectivity index (χ4n) is 3.83. The Balaban J connectivity index is 1.64. The molecular formula is C25H24N2O8. The van der Waals surface area contributed by atoms with E-state index in [0.29, 0.717) is 48.9 Å². The number of amides is 1. The number of carbonyl (C=O) groups excluding carboxylic acids is 2. The van der Waals surface area contributed by atoms with Gasteiger partial charge in [0, 0.05) is 35.6 Å². The van der Waals surface area contributed by atoms with E-state index in [-0.39, 0.29) is 34.7 Å². The van der Waals surface area contributed by atoms with Crippen molar-refractivity contribution < 1.29 is 38.4 Å². The summed E-state index contributed by atoms with van der Waals surface area (Å²) in [6.07, 6.45) is 1.14. The van der Waals surface area contributed by atoms with E-state index in [9.17, 15) is 19.5 Å². The van der Waals surface area contributed by atoms with E-state index in [4.69, 9.17) is 18.9 Å². The predicted octanol–water partition coefficient (Wildman–Crippen LogP) is 2.42. The van der Waals surface area contributed by atoms with Crippen molar-refractivity contribution in [1.29, 1.82) is 0 Å². The molecule has 0 spiro atoms. The number of ether oxygens (including phenoxy) is 4. The number of ketones is 1. The van der Waals surface area contributed by atoms with Crippen LogP contribution in [0.25, 0.3) is 10.8 Å². The number of fused-ring (bicyclic) bond motifs is 1. The van der Waals surface area contributed by atoms with E-state index in [0.717, 1.165) is 6.20 Å². The van der Waals surface area contributed by atoms with Gasteiger partial charge in [0.15, 0.2) is 18.1 Å². The number of nitrogens with zero attached hydrogens (tertiary/aromatic N) is 2. The smallest absolute Gasteiger partial charge is 0.337 e. The SMILES string of the molecule is COc1cc2c(C(=O)O)cnc(C(=O)c3cccc(OCC(=O)N4CCOCC4)c3)c2cc1OC. The van der Waals surface area contributed by atoms with E-state index in [2.05, 4.69) is 4.98 Å². The fourth-order valence-corrected chi connectivity index (χ4v) is 3.83. The van der Waals surface area contributed by atoms with Gasteiger partial charge < -0.3 is 29.0 Å². The Bertz CT molecular complexity index is 1280. The van der Waals surface area contributed by atoms with Gasteiger partial charge in [-0.05, 0) is 24.3 Å². The van der Waals surface area contributed by atoms with Crippen molar-refractivity contribution in [3.63, 3.8) is 0 Å². The Hall–Kier alpha value is -4.18. The lowest BCUT2D eigenvalue weighted by molar-refractivity contribution is -0.137. The molecular weight excluding hydrogens is 456 g/mol. The highest BCUT2D eigenvalue weighted by atomic mass is 16.5. The molecule has 2 aromatic carbocycles. The van der Waals surface area contributed by atoms with Gasteiger partial charge in [-0.15, -0.1) is 0 Å². The average Bonchev–Trinajstić information content (AvgIpc) is 2.90. The van der Waals surface area contributed by atoms with Gasteiger partial charge in [0.05, 0.1) is 33.0 Å². The molecule has 0 bridgehead atoms. The lowest BCUT2D eigenvalue weighted by atomic mass is 9.99. The zero-order valence-electron chi connectivity index (χ0n) is 19.3. The van der Waals surface area contributed by atoms with E-state index in [1.165, 1.54) is 32.4 Å². The number of pyridine rings is 1. The molecule has 1 aliphatic heterocycles. The average molecular weight is 480 g/mol. The van der Waals surface area contributed by atoms with Gasteiger partial charge in [-0.25, -0.2) is 4.79 Å². The summed E-state index contributed by atoms with van der Waals surface area (Å²) in [6.45, 7) is 1.85. The summed E-state index contributed by atoms with van der Waals surface area (Å²) < 4.78 is 21.5. The van der Waals surface area contributed by atoms with Crippen LogP contribution in [0.1, 0.15) is 26.4 Å². The maximum atomic E-state index is 13.4. The number of rotatable bonds is 8. The van der Waals surface area contributed by atoms with Crippen LogP contribution in [0.4, 0.5) is 0 Å². The Labute approximate surface area is 201 Å². The van der Waals surface area contributed by atoms with Crippen LogP contribution in [0, 0.1) is 0 Å². The first-order chi connectivity index (χ1) is 16.9. The topological polar surface area (TPSA) is 124 Å². The van der Waals surface area contributed by atoms with E-state index in [1.54, 1.807) is 23.1 Å². The van der Waals surface area contributed by atoms with Crippen LogP contribution in [0.15, 0.2) is 42.6 Å². The highest BCUT2D eigenvalue weighted by Crippen LogP contribution is 2.35. The van der Waals surface area contributed by atoms with Crippen LogP contribution in [0.5, 0.6) is 17.2 Å². The summed E-state index contributed by atoms with van der Waals surface area (Å²) in [5.74, 6) is -0.783. The standard InChI is InChI=1S/C25H24N2O8/c1-32-20-11-17-18(12-21(20)33-2)23(26-13-19(17)25(30)31)24(29)15-4-3-5-16(10-15)35-14-22(28)27-6-8-34-9-7-27/h3-5,10-13H,6-9,14H2,1-2H3,(H,30,31). The van der Waals surface area contributed by atoms with Gasteiger partial charge in [0.25, 0.3) is 5.91 Å². The number of carboxylic acid groups (broad SMARTS) is 1. The molecule has 10 heteroatoms. The van der Waals surface area contributed by atoms with Gasteiger partial charge in [0.1, 0.15) is 11.4 Å². The lowest BCUT2D eigenvalue weighted by Gasteiger charge is -2.26. The molecule has 10 nitrogen and oxygen atoms in total. The summed E-state index contributed by atoms with van der Waals surface area (Å²) >= 11 is 0. The number of benzene rings is 2. The second-order valence-electron chi connectivity index (χ2n) is 7.72. The molecule has 1 fully saturated rings. The Morgan fingerprint density at radius 3 is 2.37 bits per heavy atom. The summed E-state index contributed by atoms with van der Waals surface area (Å²) in [5, 5.41) is 10.2. The summed E-state index contributed by atoms with van der Waals surface area (Å²) in [5.41, 5.74) is 0.247. The third-order valence-electron chi connectivity index (χ3n) is 5.66. The Morgan fingerprint density at radius 2 is 1.71 bits per heavy atom. The monoisotopic (exact) mass is 480 g/mol. The zero-order valence-corrected chi connectivity index (χ0v) is 19.3. The quantitative estimate of drug-likeness (QED) is 0.484. The van der Waals surface area contributed by atoms with E-state index < -0.39 is 11.8 Å². The van der Waals surface area contributed by atoms with Crippen molar-refractivity contribution >= 4 is 28.4 Å². The van der Waals surface area contributed by atoms with Crippen molar-refractivity contribution in [2.45, 2.75) is 0 Å². The third-order valence-corrected chi connectivity index (χ3v) is 5.66. The number of hydrogen-bond donors (Lipinski definition) is 1.